The molecule has 6 heteroatoms. The highest BCUT2D eigenvalue weighted by Gasteiger charge is 2.20. The lowest BCUT2D eigenvalue weighted by Crippen LogP contribution is -2.03. The number of aromatic nitrogens is 5. The molecule has 49 heavy (non-hydrogen) atoms. The summed E-state index contributed by atoms with van der Waals surface area (Å²) in [5, 5.41) is 7.70. The molecule has 0 fully saturated rings. The van der Waals surface area contributed by atoms with E-state index in [0.717, 1.165) is 93.4 Å². The number of furan rings is 1. The second-order valence-corrected chi connectivity index (χ2v) is 12.5. The molecule has 0 saturated carbocycles. The second-order valence-electron chi connectivity index (χ2n) is 12.5. The third kappa shape index (κ3) is 3.79. The third-order valence-electron chi connectivity index (χ3n) is 9.80. The average molecular weight is 628 g/mol. The van der Waals surface area contributed by atoms with Gasteiger partial charge in [0.05, 0.1) is 33.3 Å². The molecule has 4 heterocycles. The van der Waals surface area contributed by atoms with Crippen LogP contribution in [0.5, 0.6) is 0 Å². The largest absolute Gasteiger partial charge is 0.456 e. The Hall–Kier alpha value is -6.79. The van der Waals surface area contributed by atoms with Crippen molar-refractivity contribution >= 4 is 76.5 Å². The molecule has 7 aromatic carbocycles. The monoisotopic (exact) mass is 627 g/mol. The fraction of sp³-hybridized carbons (Fsp3) is 0. The number of rotatable bonds is 3. The van der Waals surface area contributed by atoms with E-state index < -0.39 is 0 Å². The minimum atomic E-state index is 0.617. The zero-order chi connectivity index (χ0) is 32.1. The normalized spacial score (nSPS) is 12.1. The first-order chi connectivity index (χ1) is 24.3. The highest BCUT2D eigenvalue weighted by molar-refractivity contribution is 6.17. The van der Waals surface area contributed by atoms with Crippen molar-refractivity contribution in [3.63, 3.8) is 0 Å². The maximum Gasteiger partial charge on any atom is 0.235 e. The van der Waals surface area contributed by atoms with Crippen LogP contribution in [0.2, 0.25) is 0 Å². The average Bonchev–Trinajstić information content (AvgIpc) is 3.85. The van der Waals surface area contributed by atoms with Crippen molar-refractivity contribution in [1.29, 1.82) is 0 Å². The topological polar surface area (TPSA) is 61.7 Å². The van der Waals surface area contributed by atoms with E-state index in [9.17, 15) is 0 Å². The zero-order valence-corrected chi connectivity index (χ0v) is 26.1. The van der Waals surface area contributed by atoms with Gasteiger partial charge in [-0.25, -0.2) is 15.0 Å². The van der Waals surface area contributed by atoms with Crippen LogP contribution in [0.3, 0.4) is 0 Å². The summed E-state index contributed by atoms with van der Waals surface area (Å²) in [6.07, 6.45) is 1.91. The molecule has 0 saturated heterocycles. The highest BCUT2D eigenvalue weighted by atomic mass is 16.3. The van der Waals surface area contributed by atoms with E-state index in [1.54, 1.807) is 0 Å². The number of benzene rings is 7. The Morgan fingerprint density at radius 1 is 0.490 bits per heavy atom. The molecular weight excluding hydrogens is 603 g/mol. The van der Waals surface area contributed by atoms with E-state index in [2.05, 4.69) is 118 Å². The Balaban J connectivity index is 1.19. The van der Waals surface area contributed by atoms with Gasteiger partial charge in [-0.05, 0) is 66.0 Å². The van der Waals surface area contributed by atoms with Crippen LogP contribution in [0.15, 0.2) is 156 Å². The molecule has 0 aliphatic carbocycles. The molecule has 0 bridgehead atoms. The molecule has 0 spiro atoms. The first-order valence-electron chi connectivity index (χ1n) is 16.4. The number of para-hydroxylation sites is 4. The Morgan fingerprint density at radius 3 is 2.18 bits per heavy atom. The Kier molecular flexibility index (Phi) is 5.29. The third-order valence-corrected chi connectivity index (χ3v) is 9.80. The lowest BCUT2D eigenvalue weighted by atomic mass is 10.0. The first-order valence-corrected chi connectivity index (χ1v) is 16.4. The van der Waals surface area contributed by atoms with Crippen LogP contribution < -0.4 is 0 Å². The van der Waals surface area contributed by atoms with Gasteiger partial charge in [0.15, 0.2) is 0 Å². The van der Waals surface area contributed by atoms with Gasteiger partial charge >= 0.3 is 0 Å². The lowest BCUT2D eigenvalue weighted by Gasteiger charge is -2.12. The van der Waals surface area contributed by atoms with Crippen LogP contribution in [0.4, 0.5) is 0 Å². The molecule has 0 radical (unpaired) electrons. The molecule has 228 valence electrons. The van der Waals surface area contributed by atoms with E-state index in [0.29, 0.717) is 5.95 Å². The van der Waals surface area contributed by atoms with Crippen LogP contribution in [0.1, 0.15) is 0 Å². The predicted octanol–water partition coefficient (Wildman–Crippen LogP) is 10.8. The number of hydrogen-bond donors (Lipinski definition) is 0. The molecule has 0 atom stereocenters. The first kappa shape index (κ1) is 26.3. The van der Waals surface area contributed by atoms with Crippen LogP contribution >= 0.6 is 0 Å². The summed E-state index contributed by atoms with van der Waals surface area (Å²) >= 11 is 0. The van der Waals surface area contributed by atoms with E-state index >= 15 is 0 Å². The number of imidazole rings is 1. The zero-order valence-electron chi connectivity index (χ0n) is 26.1. The number of hydrogen-bond acceptors (Lipinski definition) is 4. The number of nitrogens with zero attached hydrogens (tertiary/aromatic N) is 5. The van der Waals surface area contributed by atoms with Gasteiger partial charge in [0.1, 0.15) is 17.5 Å². The fourth-order valence-corrected chi connectivity index (χ4v) is 7.54. The van der Waals surface area contributed by atoms with Gasteiger partial charge in [-0.2, -0.15) is 0 Å². The van der Waals surface area contributed by atoms with Gasteiger partial charge in [0.2, 0.25) is 5.95 Å². The summed E-state index contributed by atoms with van der Waals surface area (Å²) in [4.78, 5) is 15.5. The van der Waals surface area contributed by atoms with Crippen LogP contribution in [0.25, 0.3) is 99.3 Å². The van der Waals surface area contributed by atoms with Crippen molar-refractivity contribution < 1.29 is 4.42 Å². The quantitative estimate of drug-likeness (QED) is 0.196. The Morgan fingerprint density at radius 2 is 1.27 bits per heavy atom. The molecule has 0 aliphatic rings. The molecule has 0 aliphatic heterocycles. The van der Waals surface area contributed by atoms with Crippen molar-refractivity contribution in [3.05, 3.63) is 152 Å². The molecule has 11 rings (SSSR count). The van der Waals surface area contributed by atoms with Crippen molar-refractivity contribution in [2.75, 3.05) is 0 Å². The van der Waals surface area contributed by atoms with Crippen molar-refractivity contribution in [2.24, 2.45) is 0 Å². The highest BCUT2D eigenvalue weighted by Crippen LogP contribution is 2.38. The van der Waals surface area contributed by atoms with Gasteiger partial charge in [0, 0.05) is 43.6 Å². The van der Waals surface area contributed by atoms with Crippen molar-refractivity contribution in [3.8, 4) is 22.9 Å². The maximum absolute atomic E-state index is 6.29. The molecule has 0 N–H and O–H groups in total. The van der Waals surface area contributed by atoms with Gasteiger partial charge in [-0.1, -0.05) is 84.9 Å². The molecular formula is C43H25N5O. The van der Waals surface area contributed by atoms with E-state index in [-0.39, 0.29) is 0 Å². The van der Waals surface area contributed by atoms with Crippen molar-refractivity contribution in [1.82, 2.24) is 24.1 Å². The fourth-order valence-electron chi connectivity index (χ4n) is 7.54. The van der Waals surface area contributed by atoms with Crippen LogP contribution in [-0.2, 0) is 0 Å². The molecule has 11 aromatic rings. The molecule has 6 nitrogen and oxygen atoms in total. The maximum atomic E-state index is 6.29. The lowest BCUT2D eigenvalue weighted by molar-refractivity contribution is 0.669. The minimum absolute atomic E-state index is 0.617. The van der Waals surface area contributed by atoms with E-state index in [1.165, 1.54) is 0 Å². The van der Waals surface area contributed by atoms with Gasteiger partial charge in [0.25, 0.3) is 0 Å². The SMILES string of the molecule is c1ccc(-n2cnc3c4cc5c(cc4ccc32)c2ccccc2n5-c2nc(-c3ccc4c(c3)oc3ccccc34)c3ccccc3n2)cc1. The predicted molar refractivity (Wildman–Crippen MR) is 199 cm³/mol. The second kappa shape index (κ2) is 9.86. The summed E-state index contributed by atoms with van der Waals surface area (Å²) in [6.45, 7) is 0. The van der Waals surface area contributed by atoms with Crippen LogP contribution in [-0.4, -0.2) is 24.1 Å². The van der Waals surface area contributed by atoms with Crippen molar-refractivity contribution in [2.45, 2.75) is 0 Å². The van der Waals surface area contributed by atoms with Gasteiger partial charge < -0.3 is 4.42 Å². The summed E-state index contributed by atoms with van der Waals surface area (Å²) in [7, 11) is 0. The minimum Gasteiger partial charge on any atom is -0.456 e. The summed E-state index contributed by atoms with van der Waals surface area (Å²) in [6, 6.07) is 50.5. The summed E-state index contributed by atoms with van der Waals surface area (Å²) < 4.78 is 10.6. The summed E-state index contributed by atoms with van der Waals surface area (Å²) in [5.41, 5.74) is 9.61. The van der Waals surface area contributed by atoms with Crippen LogP contribution in [0, 0.1) is 0 Å². The Bertz CT molecular complexity index is 3110. The summed E-state index contributed by atoms with van der Waals surface area (Å²) in [5.74, 6) is 0.617. The van der Waals surface area contributed by atoms with Gasteiger partial charge in [-0.15, -0.1) is 0 Å². The smallest absolute Gasteiger partial charge is 0.235 e. The van der Waals surface area contributed by atoms with E-state index in [4.69, 9.17) is 19.4 Å². The van der Waals surface area contributed by atoms with Gasteiger partial charge in [-0.3, -0.25) is 9.13 Å². The number of fused-ring (bicyclic) bond motifs is 10. The molecule has 0 unspecified atom stereocenters. The van der Waals surface area contributed by atoms with E-state index in [1.807, 2.05) is 42.7 Å². The molecule has 4 aromatic heterocycles. The standard InChI is InChI=1S/C43H25N5O/c1-2-10-28(11-3-1)47-25-44-42-33-24-38-34(22-26(33)19-21-37(42)47)29-12-5-8-16-36(29)48(38)43-45-35-15-7-4-14-32(35)41(46-43)27-18-20-31-30-13-6-9-17-39(30)49-40(31)23-27/h1-25H. The Labute approximate surface area is 279 Å². The molecule has 0 amide bonds.